The fraction of sp³-hybridized carbons (Fsp3) is 0.143. The smallest absolute Gasteiger partial charge is 0.369 e. The predicted molar refractivity (Wildman–Crippen MR) is 108 cm³/mol. The Morgan fingerprint density at radius 3 is 2.40 bits per heavy atom. The van der Waals surface area contributed by atoms with E-state index in [0.29, 0.717) is 23.4 Å². The maximum atomic E-state index is 14.0. The zero-order valence-corrected chi connectivity index (χ0v) is 17.1. The number of hydrogen-bond acceptors (Lipinski definition) is 5. The molecule has 1 aliphatic heterocycles. The Morgan fingerprint density at radius 1 is 0.967 bits per heavy atom. The first-order valence-corrected chi connectivity index (χ1v) is 9.76. The van der Waals surface area contributed by atoms with Crippen LogP contribution in [0.25, 0.3) is 34.0 Å². The van der Waals surface area contributed by atoms with E-state index >= 15 is 0 Å². The van der Waals surface area contributed by atoms with E-state index in [0.717, 1.165) is 15.7 Å². The summed E-state index contributed by atoms with van der Waals surface area (Å²) in [6, 6.07) is 13.7. The molecule has 9 heteroatoms. The molecule has 0 saturated heterocycles. The first-order valence-electron chi connectivity index (χ1n) is 8.97. The van der Waals surface area contributed by atoms with E-state index in [-0.39, 0.29) is 11.5 Å². The first kappa shape index (κ1) is 18.9. The van der Waals surface area contributed by atoms with Crippen LogP contribution in [-0.2, 0) is 12.7 Å². The Labute approximate surface area is 177 Å². The summed E-state index contributed by atoms with van der Waals surface area (Å²) < 4.78 is 53.6. The standard InChI is InChI=1S/C21H13BrF3N3O2/c1-28-10-14-18(13-8-7-12(22)9-15(13)28)27-29-19(14)20-16(21(23,24)25)17(26-30-20)11-5-3-2-4-6-11/h2-9H,10H2,1H3. The Kier molecular flexibility index (Phi) is 4.25. The molecule has 0 atom stereocenters. The third kappa shape index (κ3) is 2.92. The molecule has 30 heavy (non-hydrogen) atoms. The molecule has 5 nitrogen and oxygen atoms in total. The Balaban J connectivity index is 1.71. The lowest BCUT2D eigenvalue weighted by atomic mass is 9.96. The lowest BCUT2D eigenvalue weighted by Gasteiger charge is -2.26. The lowest BCUT2D eigenvalue weighted by Crippen LogP contribution is -2.21. The van der Waals surface area contributed by atoms with Gasteiger partial charge in [0.1, 0.15) is 17.0 Å². The fourth-order valence-corrected chi connectivity index (χ4v) is 4.04. The molecule has 0 radical (unpaired) electrons. The van der Waals surface area contributed by atoms with Gasteiger partial charge in [0.2, 0.25) is 11.5 Å². The highest BCUT2D eigenvalue weighted by Crippen LogP contribution is 2.47. The van der Waals surface area contributed by atoms with Crippen LogP contribution < -0.4 is 4.90 Å². The second-order valence-corrected chi connectivity index (χ2v) is 7.87. The number of fused-ring (bicyclic) bond motifs is 3. The summed E-state index contributed by atoms with van der Waals surface area (Å²) in [6.07, 6.45) is -4.69. The number of nitrogens with zero attached hydrogens (tertiary/aromatic N) is 3. The molecule has 1 aliphatic rings. The van der Waals surface area contributed by atoms with Gasteiger partial charge in [-0.05, 0) is 18.2 Å². The van der Waals surface area contributed by atoms with E-state index in [2.05, 4.69) is 26.2 Å². The summed E-state index contributed by atoms with van der Waals surface area (Å²) >= 11 is 3.44. The van der Waals surface area contributed by atoms with Gasteiger partial charge in [-0.15, -0.1) is 0 Å². The molecule has 2 aromatic carbocycles. The van der Waals surface area contributed by atoms with Crippen LogP contribution in [0, 0.1) is 0 Å². The fourth-order valence-electron chi connectivity index (χ4n) is 3.69. The maximum Gasteiger partial charge on any atom is 0.422 e. The van der Waals surface area contributed by atoms with Gasteiger partial charge in [0.05, 0.1) is 5.56 Å². The quantitative estimate of drug-likeness (QED) is 0.336. The largest absolute Gasteiger partial charge is 0.422 e. The van der Waals surface area contributed by atoms with Crippen molar-refractivity contribution in [2.75, 3.05) is 11.9 Å². The van der Waals surface area contributed by atoms with Gasteiger partial charge >= 0.3 is 6.18 Å². The van der Waals surface area contributed by atoms with Crippen LogP contribution in [0.4, 0.5) is 18.9 Å². The van der Waals surface area contributed by atoms with Crippen LogP contribution in [0.1, 0.15) is 11.1 Å². The minimum atomic E-state index is -4.69. The minimum absolute atomic E-state index is 0.0626. The van der Waals surface area contributed by atoms with Crippen molar-refractivity contribution in [2.24, 2.45) is 0 Å². The molecule has 4 aromatic rings. The highest BCUT2D eigenvalue weighted by Gasteiger charge is 2.43. The number of aromatic nitrogens is 2. The molecular weight excluding hydrogens is 463 g/mol. The van der Waals surface area contributed by atoms with E-state index < -0.39 is 17.5 Å². The maximum absolute atomic E-state index is 14.0. The summed E-state index contributed by atoms with van der Waals surface area (Å²) in [5.41, 5.74) is 1.74. The number of benzene rings is 2. The van der Waals surface area contributed by atoms with Gasteiger partial charge in [0.15, 0.2) is 0 Å². The Bertz CT molecular complexity index is 1250. The minimum Gasteiger partial charge on any atom is -0.369 e. The summed E-state index contributed by atoms with van der Waals surface area (Å²) in [7, 11) is 1.85. The summed E-state index contributed by atoms with van der Waals surface area (Å²) in [5.74, 6) is -0.531. The number of halogens is 4. The zero-order chi connectivity index (χ0) is 21.0. The van der Waals surface area contributed by atoms with Crippen LogP contribution in [0.15, 0.2) is 62.0 Å². The number of anilines is 1. The van der Waals surface area contributed by atoms with Gasteiger partial charge in [-0.25, -0.2) is 0 Å². The molecule has 0 aliphatic carbocycles. The lowest BCUT2D eigenvalue weighted by molar-refractivity contribution is -0.136. The van der Waals surface area contributed by atoms with E-state index in [4.69, 9.17) is 9.05 Å². The van der Waals surface area contributed by atoms with E-state index in [1.54, 1.807) is 30.3 Å². The van der Waals surface area contributed by atoms with Gasteiger partial charge < -0.3 is 13.9 Å². The van der Waals surface area contributed by atoms with Crippen molar-refractivity contribution in [1.82, 2.24) is 10.3 Å². The number of hydrogen-bond donors (Lipinski definition) is 0. The molecule has 0 spiro atoms. The van der Waals surface area contributed by atoms with E-state index in [9.17, 15) is 13.2 Å². The van der Waals surface area contributed by atoms with Gasteiger partial charge in [-0.2, -0.15) is 13.2 Å². The van der Waals surface area contributed by atoms with Gasteiger partial charge in [-0.3, -0.25) is 0 Å². The van der Waals surface area contributed by atoms with Gasteiger partial charge in [0.25, 0.3) is 0 Å². The highest BCUT2D eigenvalue weighted by atomic mass is 79.9. The molecule has 0 fully saturated rings. The van der Waals surface area contributed by atoms with E-state index in [1.807, 2.05) is 30.1 Å². The van der Waals surface area contributed by atoms with E-state index in [1.165, 1.54) is 0 Å². The van der Waals surface area contributed by atoms with Crippen LogP contribution in [0.3, 0.4) is 0 Å². The van der Waals surface area contributed by atoms with Crippen molar-refractivity contribution >= 4 is 21.6 Å². The molecule has 0 bridgehead atoms. The van der Waals surface area contributed by atoms with Crippen LogP contribution in [0.2, 0.25) is 0 Å². The predicted octanol–water partition coefficient (Wildman–Crippen LogP) is 6.39. The van der Waals surface area contributed by atoms with Crippen molar-refractivity contribution in [2.45, 2.75) is 12.7 Å². The molecule has 152 valence electrons. The van der Waals surface area contributed by atoms with Crippen molar-refractivity contribution in [1.29, 1.82) is 0 Å². The SMILES string of the molecule is CN1Cc2c(noc2-c2onc(-c3ccccc3)c2C(F)(F)F)-c2ccc(Br)cc21. The Morgan fingerprint density at radius 2 is 1.67 bits per heavy atom. The van der Waals surface area contributed by atoms with Gasteiger partial charge in [-0.1, -0.05) is 56.6 Å². The van der Waals surface area contributed by atoms with Crippen molar-refractivity contribution in [3.8, 4) is 34.0 Å². The van der Waals surface area contributed by atoms with Crippen molar-refractivity contribution in [3.05, 3.63) is 64.1 Å². The van der Waals surface area contributed by atoms with Crippen LogP contribution in [-0.4, -0.2) is 17.4 Å². The number of alkyl halides is 3. The molecule has 0 N–H and O–H groups in total. The Hall–Kier alpha value is -3.07. The van der Waals surface area contributed by atoms with Crippen molar-refractivity contribution in [3.63, 3.8) is 0 Å². The monoisotopic (exact) mass is 475 g/mol. The average molecular weight is 476 g/mol. The second-order valence-electron chi connectivity index (χ2n) is 6.96. The molecular formula is C21H13BrF3N3O2. The van der Waals surface area contributed by atoms with Gasteiger partial charge in [0, 0.05) is 34.9 Å². The molecule has 3 heterocycles. The number of rotatable bonds is 2. The molecule has 0 amide bonds. The first-order chi connectivity index (χ1) is 14.3. The zero-order valence-electron chi connectivity index (χ0n) is 15.5. The highest BCUT2D eigenvalue weighted by molar-refractivity contribution is 9.10. The average Bonchev–Trinajstić information content (AvgIpc) is 3.33. The topological polar surface area (TPSA) is 55.3 Å². The summed E-state index contributed by atoms with van der Waals surface area (Å²) in [4.78, 5) is 1.92. The summed E-state index contributed by atoms with van der Waals surface area (Å²) in [5, 5.41) is 7.80. The molecule has 0 unspecified atom stereocenters. The third-order valence-corrected chi connectivity index (χ3v) is 5.53. The molecule has 2 aromatic heterocycles. The normalized spacial score (nSPS) is 13.3. The molecule has 0 saturated carbocycles. The molecule has 5 rings (SSSR count). The third-order valence-electron chi connectivity index (χ3n) is 5.04. The van der Waals surface area contributed by atoms with Crippen molar-refractivity contribution < 1.29 is 22.2 Å². The summed E-state index contributed by atoms with van der Waals surface area (Å²) in [6.45, 7) is 0.316. The second kappa shape index (κ2) is 6.73. The van der Waals surface area contributed by atoms with Crippen LogP contribution >= 0.6 is 15.9 Å². The van der Waals surface area contributed by atoms with Crippen LogP contribution in [0.5, 0.6) is 0 Å².